The van der Waals surface area contributed by atoms with Crippen molar-refractivity contribution in [2.75, 3.05) is 32.2 Å². The van der Waals surface area contributed by atoms with Gasteiger partial charge in [0.1, 0.15) is 5.75 Å². The molecule has 2 amide bonds. The number of rotatable bonds is 9. The normalized spacial score (nSPS) is 10.2. The van der Waals surface area contributed by atoms with E-state index in [-0.39, 0.29) is 18.4 Å². The number of benzene rings is 2. The average Bonchev–Trinajstić information content (AvgIpc) is 2.67. The van der Waals surface area contributed by atoms with Crippen LogP contribution in [0.4, 0.5) is 5.69 Å². The lowest BCUT2D eigenvalue weighted by Gasteiger charge is -2.12. The summed E-state index contributed by atoms with van der Waals surface area (Å²) in [5.41, 5.74) is 2.04. The van der Waals surface area contributed by atoms with Crippen LogP contribution >= 0.6 is 0 Å². The summed E-state index contributed by atoms with van der Waals surface area (Å²) in [4.78, 5) is 24.4. The number of hydrogen-bond donors (Lipinski definition) is 2. The third-order valence-electron chi connectivity index (χ3n) is 3.74. The lowest BCUT2D eigenvalue weighted by atomic mass is 10.1. The van der Waals surface area contributed by atoms with Gasteiger partial charge in [-0.2, -0.15) is 0 Å². The molecule has 2 N–H and O–H groups in total. The number of carbonyl (C=O) groups excluding carboxylic acids is 2. The minimum atomic E-state index is -0.332. The van der Waals surface area contributed by atoms with Crippen molar-refractivity contribution in [3.8, 4) is 5.75 Å². The van der Waals surface area contributed by atoms with E-state index in [1.165, 1.54) is 5.56 Å². The van der Waals surface area contributed by atoms with Crippen molar-refractivity contribution >= 4 is 17.5 Å². The standard InChI is InChI=1S/C20H24N2O4/c1-3-15-8-10-16(11-9-15)26-14-19(23)22-18-7-5-4-6-17(18)20(24)21-12-13-25-2/h4-11H,3,12-14H2,1-2H3,(H,21,24)(H,22,23). The van der Waals surface area contributed by atoms with Gasteiger partial charge in [-0.1, -0.05) is 31.2 Å². The van der Waals surface area contributed by atoms with Crippen LogP contribution in [0.2, 0.25) is 0 Å². The molecule has 26 heavy (non-hydrogen) atoms. The van der Waals surface area contributed by atoms with Crippen LogP contribution in [0.25, 0.3) is 0 Å². The number of ether oxygens (including phenoxy) is 2. The molecule has 0 aliphatic heterocycles. The maximum atomic E-state index is 12.2. The molecule has 2 aromatic rings. The molecule has 6 nitrogen and oxygen atoms in total. The monoisotopic (exact) mass is 356 g/mol. The third-order valence-corrected chi connectivity index (χ3v) is 3.74. The molecule has 0 bridgehead atoms. The van der Waals surface area contributed by atoms with Crippen LogP contribution in [0.5, 0.6) is 5.75 Å². The number of nitrogens with one attached hydrogen (secondary N) is 2. The van der Waals surface area contributed by atoms with Gasteiger partial charge in [-0.15, -0.1) is 0 Å². The molecule has 0 aliphatic rings. The molecule has 6 heteroatoms. The van der Waals surface area contributed by atoms with Crippen molar-refractivity contribution in [1.82, 2.24) is 5.32 Å². The van der Waals surface area contributed by atoms with E-state index in [2.05, 4.69) is 17.6 Å². The summed E-state index contributed by atoms with van der Waals surface area (Å²) in [6.45, 7) is 2.76. The molecule has 0 aliphatic carbocycles. The van der Waals surface area contributed by atoms with Gasteiger partial charge in [0.25, 0.3) is 11.8 Å². The lowest BCUT2D eigenvalue weighted by molar-refractivity contribution is -0.118. The van der Waals surface area contributed by atoms with Crippen molar-refractivity contribution < 1.29 is 19.1 Å². The zero-order chi connectivity index (χ0) is 18.8. The molecule has 0 unspecified atom stereocenters. The highest BCUT2D eigenvalue weighted by molar-refractivity contribution is 6.04. The second kappa shape index (κ2) is 10.2. The van der Waals surface area contributed by atoms with E-state index in [4.69, 9.17) is 9.47 Å². The molecule has 0 heterocycles. The zero-order valence-electron chi connectivity index (χ0n) is 15.1. The Kier molecular flexibility index (Phi) is 7.64. The van der Waals surface area contributed by atoms with Crippen LogP contribution < -0.4 is 15.4 Å². The topological polar surface area (TPSA) is 76.7 Å². The molecule has 0 aromatic heterocycles. The molecular formula is C20H24N2O4. The van der Waals surface area contributed by atoms with Gasteiger partial charge in [0.2, 0.25) is 0 Å². The minimum absolute atomic E-state index is 0.134. The summed E-state index contributed by atoms with van der Waals surface area (Å²) < 4.78 is 10.4. The Bertz CT molecular complexity index is 729. The Morgan fingerprint density at radius 2 is 1.77 bits per heavy atom. The Morgan fingerprint density at radius 1 is 1.04 bits per heavy atom. The molecule has 0 radical (unpaired) electrons. The van der Waals surface area contributed by atoms with Crippen LogP contribution in [0.1, 0.15) is 22.8 Å². The molecule has 2 rings (SSSR count). The van der Waals surface area contributed by atoms with Gasteiger partial charge in [0, 0.05) is 13.7 Å². The molecule has 0 spiro atoms. The van der Waals surface area contributed by atoms with Crippen molar-refractivity contribution in [2.24, 2.45) is 0 Å². The summed E-state index contributed by atoms with van der Waals surface area (Å²) >= 11 is 0. The van der Waals surface area contributed by atoms with Gasteiger partial charge < -0.3 is 20.1 Å². The molecule has 2 aromatic carbocycles. The summed E-state index contributed by atoms with van der Waals surface area (Å²) in [6.07, 6.45) is 0.948. The second-order valence-electron chi connectivity index (χ2n) is 5.63. The van der Waals surface area contributed by atoms with E-state index in [9.17, 15) is 9.59 Å². The maximum absolute atomic E-state index is 12.2. The Hall–Kier alpha value is -2.86. The number of anilines is 1. The van der Waals surface area contributed by atoms with E-state index in [1.807, 2.05) is 24.3 Å². The number of para-hydroxylation sites is 1. The number of carbonyl (C=O) groups is 2. The zero-order valence-corrected chi connectivity index (χ0v) is 15.1. The predicted octanol–water partition coefficient (Wildman–Crippen LogP) is 2.64. The first-order valence-corrected chi connectivity index (χ1v) is 8.51. The summed E-state index contributed by atoms with van der Waals surface area (Å²) in [7, 11) is 1.57. The van der Waals surface area contributed by atoms with Crippen molar-refractivity contribution in [1.29, 1.82) is 0 Å². The number of amides is 2. The van der Waals surface area contributed by atoms with Gasteiger partial charge >= 0.3 is 0 Å². The van der Waals surface area contributed by atoms with Gasteiger partial charge in [0.15, 0.2) is 6.61 Å². The van der Waals surface area contributed by atoms with Crippen LogP contribution in [0, 0.1) is 0 Å². The predicted molar refractivity (Wildman–Crippen MR) is 101 cm³/mol. The fraction of sp³-hybridized carbons (Fsp3) is 0.300. The molecule has 138 valence electrons. The quantitative estimate of drug-likeness (QED) is 0.677. The Morgan fingerprint density at radius 3 is 2.46 bits per heavy atom. The fourth-order valence-electron chi connectivity index (χ4n) is 2.31. The van der Waals surface area contributed by atoms with E-state index >= 15 is 0 Å². The molecule has 0 atom stereocenters. The van der Waals surface area contributed by atoms with E-state index in [0.29, 0.717) is 30.2 Å². The number of methoxy groups -OCH3 is 1. The molecule has 0 saturated carbocycles. The number of hydrogen-bond acceptors (Lipinski definition) is 4. The largest absolute Gasteiger partial charge is 0.484 e. The van der Waals surface area contributed by atoms with E-state index in [0.717, 1.165) is 6.42 Å². The average molecular weight is 356 g/mol. The Balaban J connectivity index is 1.92. The van der Waals surface area contributed by atoms with Gasteiger partial charge in [-0.3, -0.25) is 9.59 Å². The van der Waals surface area contributed by atoms with Gasteiger partial charge in [0.05, 0.1) is 17.9 Å². The number of aryl methyl sites for hydroxylation is 1. The third kappa shape index (κ3) is 5.89. The molecule has 0 saturated heterocycles. The van der Waals surface area contributed by atoms with Crippen molar-refractivity contribution in [2.45, 2.75) is 13.3 Å². The summed E-state index contributed by atoms with van der Waals surface area (Å²) in [5, 5.41) is 5.45. The highest BCUT2D eigenvalue weighted by atomic mass is 16.5. The highest BCUT2D eigenvalue weighted by Crippen LogP contribution is 2.16. The second-order valence-corrected chi connectivity index (χ2v) is 5.63. The highest BCUT2D eigenvalue weighted by Gasteiger charge is 2.13. The smallest absolute Gasteiger partial charge is 0.262 e. The molecular weight excluding hydrogens is 332 g/mol. The first-order valence-electron chi connectivity index (χ1n) is 8.51. The van der Waals surface area contributed by atoms with Crippen LogP contribution in [-0.2, 0) is 16.0 Å². The van der Waals surface area contributed by atoms with Crippen LogP contribution in [-0.4, -0.2) is 38.7 Å². The first-order chi connectivity index (χ1) is 12.6. The Labute approximate surface area is 153 Å². The maximum Gasteiger partial charge on any atom is 0.262 e. The van der Waals surface area contributed by atoms with Crippen LogP contribution in [0.3, 0.4) is 0 Å². The minimum Gasteiger partial charge on any atom is -0.484 e. The van der Waals surface area contributed by atoms with E-state index < -0.39 is 0 Å². The fourth-order valence-corrected chi connectivity index (χ4v) is 2.31. The van der Waals surface area contributed by atoms with Crippen LogP contribution in [0.15, 0.2) is 48.5 Å². The lowest BCUT2D eigenvalue weighted by Crippen LogP contribution is -2.28. The van der Waals surface area contributed by atoms with Crippen molar-refractivity contribution in [3.63, 3.8) is 0 Å². The SMILES string of the molecule is CCc1ccc(OCC(=O)Nc2ccccc2C(=O)NCCOC)cc1. The van der Waals surface area contributed by atoms with Crippen molar-refractivity contribution in [3.05, 3.63) is 59.7 Å². The van der Waals surface area contributed by atoms with Gasteiger partial charge in [-0.05, 0) is 36.2 Å². The van der Waals surface area contributed by atoms with E-state index in [1.54, 1.807) is 31.4 Å². The first kappa shape index (κ1) is 19.5. The van der Waals surface area contributed by atoms with Gasteiger partial charge in [-0.25, -0.2) is 0 Å². The summed E-state index contributed by atoms with van der Waals surface area (Å²) in [5.74, 6) is 0.0266. The summed E-state index contributed by atoms with van der Waals surface area (Å²) in [6, 6.07) is 14.4. The molecule has 0 fully saturated rings.